The third-order valence-electron chi connectivity index (χ3n) is 6.97. The Morgan fingerprint density at radius 1 is 0.800 bits per heavy atom. The van der Waals surface area contributed by atoms with Crippen molar-refractivity contribution in [1.82, 2.24) is 14.7 Å². The Morgan fingerprint density at radius 3 is 2.23 bits per heavy atom. The maximum absolute atomic E-state index is 12.7. The molecule has 5 heteroatoms. The second-order valence-corrected chi connectivity index (χ2v) is 8.89. The SMILES string of the molecule is O=C1c2ccccc2C(=O)N1C[C@@H]1CC[C@H]2CN(CCc3ccccc3)CCN2C1. The predicted octanol–water partition coefficient (Wildman–Crippen LogP) is 2.92. The summed E-state index contributed by atoms with van der Waals surface area (Å²) in [6.07, 6.45) is 3.34. The molecule has 3 aliphatic rings. The van der Waals surface area contributed by atoms with Crippen LogP contribution in [0, 0.1) is 5.92 Å². The van der Waals surface area contributed by atoms with Crippen molar-refractivity contribution in [1.29, 1.82) is 0 Å². The molecule has 0 unspecified atom stereocenters. The summed E-state index contributed by atoms with van der Waals surface area (Å²) in [6.45, 7) is 5.97. The molecule has 2 aromatic rings. The number of nitrogens with zero attached hydrogens (tertiary/aromatic N) is 3. The summed E-state index contributed by atoms with van der Waals surface area (Å²) in [7, 11) is 0. The van der Waals surface area contributed by atoms with E-state index in [1.165, 1.54) is 10.5 Å². The molecule has 0 radical (unpaired) electrons. The highest BCUT2D eigenvalue weighted by atomic mass is 16.2. The molecular weight excluding hydrogens is 374 g/mol. The van der Waals surface area contributed by atoms with Crippen molar-refractivity contribution in [2.45, 2.75) is 25.3 Å². The molecule has 0 bridgehead atoms. The molecule has 3 heterocycles. The molecular formula is C25H29N3O2. The van der Waals surface area contributed by atoms with Crippen molar-refractivity contribution < 1.29 is 9.59 Å². The Balaban J connectivity index is 1.14. The number of amides is 2. The molecule has 2 saturated heterocycles. The van der Waals surface area contributed by atoms with Gasteiger partial charge in [-0.05, 0) is 42.9 Å². The van der Waals surface area contributed by atoms with Crippen LogP contribution in [-0.4, -0.2) is 71.8 Å². The standard InChI is InChI=1S/C25H29N3O2/c29-24-22-8-4-5-9-23(22)25(30)28(24)17-20-10-11-21-18-26(14-15-27(21)16-20)13-12-19-6-2-1-3-7-19/h1-9,20-21H,10-18H2/t20-,21+/m1/s1. The van der Waals surface area contributed by atoms with Gasteiger partial charge >= 0.3 is 0 Å². The van der Waals surface area contributed by atoms with Gasteiger partial charge in [0.05, 0.1) is 11.1 Å². The van der Waals surface area contributed by atoms with E-state index < -0.39 is 0 Å². The molecule has 156 valence electrons. The highest BCUT2D eigenvalue weighted by Crippen LogP contribution is 2.29. The smallest absolute Gasteiger partial charge is 0.261 e. The average molecular weight is 404 g/mol. The Morgan fingerprint density at radius 2 is 1.50 bits per heavy atom. The Kier molecular flexibility index (Phi) is 5.40. The van der Waals surface area contributed by atoms with Crippen LogP contribution in [0.4, 0.5) is 0 Å². The summed E-state index contributed by atoms with van der Waals surface area (Å²) < 4.78 is 0. The number of piperidine rings is 1. The van der Waals surface area contributed by atoms with Crippen molar-refractivity contribution in [3.8, 4) is 0 Å². The lowest BCUT2D eigenvalue weighted by Crippen LogP contribution is -2.57. The minimum Gasteiger partial charge on any atom is -0.300 e. The third kappa shape index (κ3) is 3.80. The lowest BCUT2D eigenvalue weighted by atomic mass is 9.90. The Bertz CT molecular complexity index is 894. The third-order valence-corrected chi connectivity index (χ3v) is 6.97. The topological polar surface area (TPSA) is 43.9 Å². The molecule has 5 nitrogen and oxygen atoms in total. The van der Waals surface area contributed by atoms with Crippen molar-refractivity contribution in [3.63, 3.8) is 0 Å². The molecule has 5 rings (SSSR count). The molecule has 2 aromatic carbocycles. The number of piperazine rings is 1. The van der Waals surface area contributed by atoms with Gasteiger partial charge in [-0.1, -0.05) is 42.5 Å². The second kappa shape index (κ2) is 8.32. The van der Waals surface area contributed by atoms with E-state index >= 15 is 0 Å². The molecule has 30 heavy (non-hydrogen) atoms. The predicted molar refractivity (Wildman–Crippen MR) is 116 cm³/mol. The first-order chi connectivity index (χ1) is 14.7. The van der Waals surface area contributed by atoms with Crippen molar-refractivity contribution in [2.75, 3.05) is 39.3 Å². The molecule has 2 amide bonds. The Labute approximate surface area is 178 Å². The Hall–Kier alpha value is -2.50. The maximum Gasteiger partial charge on any atom is 0.261 e. The van der Waals surface area contributed by atoms with E-state index in [2.05, 4.69) is 40.1 Å². The summed E-state index contributed by atoms with van der Waals surface area (Å²) in [5.74, 6) is 0.131. The zero-order chi connectivity index (χ0) is 20.5. The van der Waals surface area contributed by atoms with Gasteiger partial charge in [0.1, 0.15) is 0 Å². The fourth-order valence-corrected chi connectivity index (χ4v) is 5.27. The van der Waals surface area contributed by atoms with Crippen molar-refractivity contribution in [2.24, 2.45) is 5.92 Å². The van der Waals surface area contributed by atoms with Crippen LogP contribution >= 0.6 is 0 Å². The molecule has 0 saturated carbocycles. The normalized spacial score (nSPS) is 24.7. The van der Waals surface area contributed by atoms with E-state index in [9.17, 15) is 9.59 Å². The van der Waals surface area contributed by atoms with E-state index in [-0.39, 0.29) is 11.8 Å². The van der Waals surface area contributed by atoms with Crippen LogP contribution in [0.25, 0.3) is 0 Å². The second-order valence-electron chi connectivity index (χ2n) is 8.89. The molecule has 0 aliphatic carbocycles. The van der Waals surface area contributed by atoms with Crippen LogP contribution in [0.15, 0.2) is 54.6 Å². The van der Waals surface area contributed by atoms with E-state index in [4.69, 9.17) is 0 Å². The lowest BCUT2D eigenvalue weighted by molar-refractivity contribution is 0.0205. The van der Waals surface area contributed by atoms with Crippen molar-refractivity contribution in [3.05, 3.63) is 71.3 Å². The first kappa shape index (κ1) is 19.5. The molecule has 0 N–H and O–H groups in total. The van der Waals surface area contributed by atoms with Gasteiger partial charge in [-0.25, -0.2) is 0 Å². The minimum atomic E-state index is -0.122. The van der Waals surface area contributed by atoms with E-state index in [1.54, 1.807) is 12.1 Å². The molecule has 2 fully saturated rings. The molecule has 0 spiro atoms. The van der Waals surface area contributed by atoms with Gasteiger partial charge in [0.25, 0.3) is 11.8 Å². The number of hydrogen-bond acceptors (Lipinski definition) is 4. The van der Waals surface area contributed by atoms with Crippen LogP contribution < -0.4 is 0 Å². The number of fused-ring (bicyclic) bond motifs is 2. The van der Waals surface area contributed by atoms with Crippen LogP contribution in [0.2, 0.25) is 0 Å². The zero-order valence-electron chi connectivity index (χ0n) is 17.4. The summed E-state index contributed by atoms with van der Waals surface area (Å²) in [5, 5.41) is 0. The van der Waals surface area contributed by atoms with Gasteiger partial charge in [-0.3, -0.25) is 19.4 Å². The molecule has 2 atom stereocenters. The monoisotopic (exact) mass is 403 g/mol. The molecule has 0 aromatic heterocycles. The largest absolute Gasteiger partial charge is 0.300 e. The van der Waals surface area contributed by atoms with E-state index in [0.29, 0.717) is 29.6 Å². The quantitative estimate of drug-likeness (QED) is 0.720. The van der Waals surface area contributed by atoms with E-state index in [1.807, 2.05) is 12.1 Å². The van der Waals surface area contributed by atoms with Gasteiger partial charge in [0, 0.05) is 45.3 Å². The summed E-state index contributed by atoms with van der Waals surface area (Å²) in [5.41, 5.74) is 2.52. The fraction of sp³-hybridized carbons (Fsp3) is 0.440. The summed E-state index contributed by atoms with van der Waals surface area (Å²) >= 11 is 0. The van der Waals surface area contributed by atoms with Gasteiger partial charge in [0.15, 0.2) is 0 Å². The van der Waals surface area contributed by atoms with Crippen LogP contribution in [0.1, 0.15) is 39.1 Å². The van der Waals surface area contributed by atoms with Crippen LogP contribution in [-0.2, 0) is 6.42 Å². The van der Waals surface area contributed by atoms with Gasteiger partial charge in [-0.15, -0.1) is 0 Å². The number of carbonyl (C=O) groups is 2. The first-order valence-corrected chi connectivity index (χ1v) is 11.1. The lowest BCUT2D eigenvalue weighted by Gasteiger charge is -2.46. The summed E-state index contributed by atoms with van der Waals surface area (Å²) in [4.78, 5) is 32.0. The first-order valence-electron chi connectivity index (χ1n) is 11.1. The van der Waals surface area contributed by atoms with Gasteiger partial charge in [-0.2, -0.15) is 0 Å². The highest BCUT2D eigenvalue weighted by molar-refractivity contribution is 6.21. The van der Waals surface area contributed by atoms with Gasteiger partial charge in [0.2, 0.25) is 0 Å². The molecule has 3 aliphatic heterocycles. The number of imide groups is 1. The minimum absolute atomic E-state index is 0.122. The summed E-state index contributed by atoms with van der Waals surface area (Å²) in [6, 6.07) is 18.5. The van der Waals surface area contributed by atoms with Crippen LogP contribution in [0.3, 0.4) is 0 Å². The number of benzene rings is 2. The number of carbonyl (C=O) groups excluding carboxylic acids is 2. The average Bonchev–Trinajstić information content (AvgIpc) is 3.03. The maximum atomic E-state index is 12.7. The number of hydrogen-bond donors (Lipinski definition) is 0. The number of rotatable bonds is 5. The zero-order valence-corrected chi connectivity index (χ0v) is 17.4. The fourth-order valence-electron chi connectivity index (χ4n) is 5.27. The van der Waals surface area contributed by atoms with Crippen molar-refractivity contribution >= 4 is 11.8 Å². The highest BCUT2D eigenvalue weighted by Gasteiger charge is 2.39. The van der Waals surface area contributed by atoms with E-state index in [0.717, 1.165) is 52.0 Å². The van der Waals surface area contributed by atoms with Crippen LogP contribution in [0.5, 0.6) is 0 Å². The van der Waals surface area contributed by atoms with Gasteiger partial charge < -0.3 is 4.90 Å².